The van der Waals surface area contributed by atoms with E-state index in [1.807, 2.05) is 0 Å². The predicted molar refractivity (Wildman–Crippen MR) is 72.5 cm³/mol. The summed E-state index contributed by atoms with van der Waals surface area (Å²) in [4.78, 5) is 0. The van der Waals surface area contributed by atoms with Crippen LogP contribution in [0.1, 0.15) is 78.1 Å². The molecule has 0 saturated heterocycles. The lowest BCUT2D eigenvalue weighted by Gasteiger charge is -2.32. The van der Waals surface area contributed by atoms with Gasteiger partial charge in [0, 0.05) is 6.04 Å². The summed E-state index contributed by atoms with van der Waals surface area (Å²) in [5.74, 6) is 1.81. The summed E-state index contributed by atoms with van der Waals surface area (Å²) < 4.78 is 0. The van der Waals surface area contributed by atoms with Gasteiger partial charge in [0.15, 0.2) is 0 Å². The molecule has 0 spiro atoms. The maximum Gasteiger partial charge on any atom is 0.00672 e. The van der Waals surface area contributed by atoms with Crippen molar-refractivity contribution in [1.29, 1.82) is 0 Å². The molecule has 0 amide bonds. The summed E-state index contributed by atoms with van der Waals surface area (Å²) in [5.41, 5.74) is 6.35. The minimum Gasteiger partial charge on any atom is -0.327 e. The Kier molecular flexibility index (Phi) is 7.11. The Balaban J connectivity index is 2.16. The van der Waals surface area contributed by atoms with E-state index in [1.165, 1.54) is 64.2 Å². The lowest BCUT2D eigenvalue weighted by atomic mass is 9.76. The second kappa shape index (κ2) is 8.11. The molecular formula is C15H31N. The number of hydrogen-bond donors (Lipinski definition) is 1. The lowest BCUT2D eigenvalue weighted by Crippen LogP contribution is -2.33. The summed E-state index contributed by atoms with van der Waals surface area (Å²) in [6.45, 7) is 4.60. The molecule has 1 saturated carbocycles. The Bertz CT molecular complexity index is 167. The number of rotatable bonds is 7. The van der Waals surface area contributed by atoms with E-state index < -0.39 is 0 Å². The first-order valence-corrected chi connectivity index (χ1v) is 7.53. The lowest BCUT2D eigenvalue weighted by molar-refractivity contribution is 0.221. The highest BCUT2D eigenvalue weighted by molar-refractivity contribution is 4.80. The van der Waals surface area contributed by atoms with Gasteiger partial charge in [-0.05, 0) is 31.1 Å². The van der Waals surface area contributed by atoms with Crippen molar-refractivity contribution in [3.05, 3.63) is 0 Å². The van der Waals surface area contributed by atoms with Crippen LogP contribution in [0.2, 0.25) is 0 Å². The molecule has 0 aromatic heterocycles. The van der Waals surface area contributed by atoms with Gasteiger partial charge in [0.05, 0.1) is 0 Å². The van der Waals surface area contributed by atoms with Crippen molar-refractivity contribution in [3.63, 3.8) is 0 Å². The molecule has 3 atom stereocenters. The van der Waals surface area contributed by atoms with E-state index >= 15 is 0 Å². The maximum absolute atomic E-state index is 6.35. The van der Waals surface area contributed by atoms with Gasteiger partial charge in [-0.1, -0.05) is 58.8 Å². The van der Waals surface area contributed by atoms with Gasteiger partial charge in [0.25, 0.3) is 0 Å². The molecule has 1 fully saturated rings. The minimum absolute atomic E-state index is 0.492. The van der Waals surface area contributed by atoms with Crippen LogP contribution in [0.3, 0.4) is 0 Å². The molecular weight excluding hydrogens is 194 g/mol. The molecule has 0 radical (unpaired) electrons. The summed E-state index contributed by atoms with van der Waals surface area (Å²) in [6.07, 6.45) is 13.8. The van der Waals surface area contributed by atoms with E-state index in [2.05, 4.69) is 13.8 Å². The topological polar surface area (TPSA) is 26.0 Å². The van der Waals surface area contributed by atoms with E-state index in [9.17, 15) is 0 Å². The van der Waals surface area contributed by atoms with Crippen molar-refractivity contribution in [2.45, 2.75) is 84.1 Å². The molecule has 1 nitrogen and oxygen atoms in total. The third kappa shape index (κ3) is 4.86. The molecule has 16 heavy (non-hydrogen) atoms. The highest BCUT2D eigenvalue weighted by Gasteiger charge is 2.24. The zero-order valence-corrected chi connectivity index (χ0v) is 11.4. The van der Waals surface area contributed by atoms with Crippen LogP contribution in [0.15, 0.2) is 0 Å². The zero-order valence-electron chi connectivity index (χ0n) is 11.4. The molecule has 0 aromatic carbocycles. The average molecular weight is 225 g/mol. The SMILES string of the molecule is CCCCCCC(N)C1CCCC(CC)C1. The standard InChI is InChI=1S/C15H31N/c1-3-5-6-7-11-15(16)14-10-8-9-13(4-2)12-14/h13-15H,3-12,16H2,1-2H3. The largest absolute Gasteiger partial charge is 0.327 e. The molecule has 96 valence electrons. The summed E-state index contributed by atoms with van der Waals surface area (Å²) >= 11 is 0. The van der Waals surface area contributed by atoms with Crippen LogP contribution in [0.4, 0.5) is 0 Å². The predicted octanol–water partition coefficient (Wildman–Crippen LogP) is 4.50. The molecule has 0 aromatic rings. The monoisotopic (exact) mass is 225 g/mol. The molecule has 2 N–H and O–H groups in total. The molecule has 1 aliphatic rings. The minimum atomic E-state index is 0.492. The Morgan fingerprint density at radius 1 is 1.12 bits per heavy atom. The van der Waals surface area contributed by atoms with Crippen LogP contribution in [0, 0.1) is 11.8 Å². The van der Waals surface area contributed by atoms with Gasteiger partial charge in [-0.3, -0.25) is 0 Å². The first-order valence-electron chi connectivity index (χ1n) is 7.53. The summed E-state index contributed by atoms with van der Waals surface area (Å²) in [7, 11) is 0. The summed E-state index contributed by atoms with van der Waals surface area (Å²) in [5, 5.41) is 0. The van der Waals surface area contributed by atoms with Crippen molar-refractivity contribution < 1.29 is 0 Å². The van der Waals surface area contributed by atoms with Crippen LogP contribution in [0.25, 0.3) is 0 Å². The molecule has 1 aliphatic carbocycles. The molecule has 1 heteroatoms. The van der Waals surface area contributed by atoms with E-state index in [1.54, 1.807) is 0 Å². The van der Waals surface area contributed by atoms with E-state index in [-0.39, 0.29) is 0 Å². The molecule has 0 aliphatic heterocycles. The normalized spacial score (nSPS) is 27.9. The Hall–Kier alpha value is -0.0400. The average Bonchev–Trinajstić information content (AvgIpc) is 2.34. The van der Waals surface area contributed by atoms with E-state index in [0.29, 0.717) is 6.04 Å². The van der Waals surface area contributed by atoms with Crippen molar-refractivity contribution in [2.75, 3.05) is 0 Å². The molecule has 3 unspecified atom stereocenters. The van der Waals surface area contributed by atoms with Crippen LogP contribution in [0.5, 0.6) is 0 Å². The van der Waals surface area contributed by atoms with E-state index in [4.69, 9.17) is 5.73 Å². The number of nitrogens with two attached hydrogens (primary N) is 1. The third-order valence-corrected chi connectivity index (χ3v) is 4.40. The fourth-order valence-corrected chi connectivity index (χ4v) is 3.13. The van der Waals surface area contributed by atoms with Crippen molar-refractivity contribution >= 4 is 0 Å². The van der Waals surface area contributed by atoms with Crippen molar-refractivity contribution in [3.8, 4) is 0 Å². The second-order valence-electron chi connectivity index (χ2n) is 5.71. The fourth-order valence-electron chi connectivity index (χ4n) is 3.13. The van der Waals surface area contributed by atoms with Crippen LogP contribution in [-0.4, -0.2) is 6.04 Å². The Labute approximate surface area is 102 Å². The highest BCUT2D eigenvalue weighted by atomic mass is 14.6. The van der Waals surface area contributed by atoms with Gasteiger partial charge in [-0.25, -0.2) is 0 Å². The first-order chi connectivity index (χ1) is 7.77. The van der Waals surface area contributed by atoms with Crippen LogP contribution < -0.4 is 5.73 Å². The van der Waals surface area contributed by atoms with Crippen molar-refractivity contribution in [2.24, 2.45) is 17.6 Å². The number of unbranched alkanes of at least 4 members (excludes halogenated alkanes) is 3. The van der Waals surface area contributed by atoms with Gasteiger partial charge in [-0.2, -0.15) is 0 Å². The fraction of sp³-hybridized carbons (Fsp3) is 1.00. The van der Waals surface area contributed by atoms with Crippen molar-refractivity contribution in [1.82, 2.24) is 0 Å². The third-order valence-electron chi connectivity index (χ3n) is 4.40. The quantitative estimate of drug-likeness (QED) is 0.634. The van der Waals surface area contributed by atoms with Crippen LogP contribution in [-0.2, 0) is 0 Å². The first kappa shape index (κ1) is 14.0. The van der Waals surface area contributed by atoms with E-state index in [0.717, 1.165) is 11.8 Å². The highest BCUT2D eigenvalue weighted by Crippen LogP contribution is 2.33. The second-order valence-corrected chi connectivity index (χ2v) is 5.71. The van der Waals surface area contributed by atoms with Crippen LogP contribution >= 0.6 is 0 Å². The smallest absolute Gasteiger partial charge is 0.00672 e. The van der Waals surface area contributed by atoms with Gasteiger partial charge < -0.3 is 5.73 Å². The van der Waals surface area contributed by atoms with Gasteiger partial charge in [-0.15, -0.1) is 0 Å². The molecule has 0 bridgehead atoms. The Morgan fingerprint density at radius 2 is 1.94 bits per heavy atom. The molecule has 1 rings (SSSR count). The summed E-state index contributed by atoms with van der Waals surface area (Å²) in [6, 6.07) is 0.492. The molecule has 0 heterocycles. The van der Waals surface area contributed by atoms with Gasteiger partial charge in [0.2, 0.25) is 0 Å². The maximum atomic E-state index is 6.35. The Morgan fingerprint density at radius 3 is 2.62 bits per heavy atom. The zero-order chi connectivity index (χ0) is 11.8. The number of hydrogen-bond acceptors (Lipinski definition) is 1. The van der Waals surface area contributed by atoms with Gasteiger partial charge in [0.1, 0.15) is 0 Å². The van der Waals surface area contributed by atoms with Gasteiger partial charge >= 0.3 is 0 Å².